The van der Waals surface area contributed by atoms with Gasteiger partial charge in [-0.1, -0.05) is 18.2 Å². The lowest BCUT2D eigenvalue weighted by Crippen LogP contribution is -2.28. The van der Waals surface area contributed by atoms with Gasteiger partial charge in [0, 0.05) is 24.5 Å². The van der Waals surface area contributed by atoms with Crippen LogP contribution in [0.3, 0.4) is 0 Å². The van der Waals surface area contributed by atoms with E-state index in [1.807, 2.05) is 25.1 Å². The van der Waals surface area contributed by atoms with Gasteiger partial charge < -0.3 is 14.6 Å². The highest BCUT2D eigenvalue weighted by molar-refractivity contribution is 5.94. The largest absolute Gasteiger partial charge is 0.494 e. The molecule has 0 aliphatic heterocycles. The van der Waals surface area contributed by atoms with Gasteiger partial charge in [0.2, 0.25) is 0 Å². The van der Waals surface area contributed by atoms with Crippen molar-refractivity contribution in [2.24, 2.45) is 0 Å². The second kappa shape index (κ2) is 10.3. The number of fused-ring (bicyclic) bond motifs is 1. The van der Waals surface area contributed by atoms with Gasteiger partial charge in [-0.25, -0.2) is 4.98 Å². The van der Waals surface area contributed by atoms with Gasteiger partial charge in [0.25, 0.3) is 5.91 Å². The summed E-state index contributed by atoms with van der Waals surface area (Å²) in [7, 11) is 0. The van der Waals surface area contributed by atoms with Crippen LogP contribution < -0.4 is 10.1 Å². The molecule has 4 aromatic rings. The molecule has 6 nitrogen and oxygen atoms in total. The number of para-hydroxylation sites is 2. The number of amides is 1. The zero-order valence-corrected chi connectivity index (χ0v) is 19.4. The van der Waals surface area contributed by atoms with Crippen molar-refractivity contribution in [2.75, 3.05) is 6.61 Å². The minimum absolute atomic E-state index is 0.134. The van der Waals surface area contributed by atoms with E-state index in [1.165, 1.54) is 11.1 Å². The highest BCUT2D eigenvalue weighted by Crippen LogP contribution is 2.22. The number of hydrogen-bond acceptors (Lipinski definition) is 4. The Morgan fingerprint density at radius 3 is 2.52 bits per heavy atom. The molecule has 1 amide bonds. The summed E-state index contributed by atoms with van der Waals surface area (Å²) in [6, 6.07) is 17.6. The van der Waals surface area contributed by atoms with Crippen molar-refractivity contribution in [3.05, 3.63) is 89.5 Å². The predicted octanol–water partition coefficient (Wildman–Crippen LogP) is 5.40. The smallest absolute Gasteiger partial charge is 0.251 e. The van der Waals surface area contributed by atoms with E-state index in [0.717, 1.165) is 42.0 Å². The number of aryl methyl sites for hydroxylation is 3. The molecule has 33 heavy (non-hydrogen) atoms. The first kappa shape index (κ1) is 22.5. The predicted molar refractivity (Wildman–Crippen MR) is 130 cm³/mol. The molecule has 1 unspecified atom stereocenters. The zero-order chi connectivity index (χ0) is 23.2. The molecule has 0 aliphatic carbocycles. The van der Waals surface area contributed by atoms with Gasteiger partial charge in [0.15, 0.2) is 0 Å². The zero-order valence-electron chi connectivity index (χ0n) is 19.4. The van der Waals surface area contributed by atoms with Crippen LogP contribution in [-0.2, 0) is 6.54 Å². The van der Waals surface area contributed by atoms with Crippen LogP contribution in [0.25, 0.3) is 11.0 Å². The molecule has 0 saturated carbocycles. The normalized spacial score (nSPS) is 12.0. The lowest BCUT2D eigenvalue weighted by Gasteiger charge is -2.16. The lowest BCUT2D eigenvalue weighted by atomic mass is 10.1. The Bertz CT molecular complexity index is 1210. The van der Waals surface area contributed by atoms with Crippen molar-refractivity contribution >= 4 is 16.9 Å². The molecule has 6 heteroatoms. The fourth-order valence-corrected chi connectivity index (χ4v) is 4.09. The van der Waals surface area contributed by atoms with E-state index < -0.39 is 0 Å². The topological polar surface area (TPSA) is 69.0 Å². The Morgan fingerprint density at radius 1 is 1.03 bits per heavy atom. The molecule has 0 fully saturated rings. The molecule has 1 N–H and O–H groups in total. The fraction of sp³-hybridized carbons (Fsp3) is 0.296. The standard InChI is InChI=1S/C27H30N4O2/c1-19-16-20(2)18-23(17-19)33-15-7-6-14-31-25-9-5-4-8-24(25)30-26(31)21(3)29-27(32)22-10-12-28-13-11-22/h4-5,8-13,16-18,21H,6-7,14-15H2,1-3H3,(H,29,32). The first-order chi connectivity index (χ1) is 16.0. The van der Waals surface area contributed by atoms with E-state index in [4.69, 9.17) is 9.72 Å². The molecular weight excluding hydrogens is 412 g/mol. The molecule has 0 saturated heterocycles. The maximum Gasteiger partial charge on any atom is 0.251 e. The van der Waals surface area contributed by atoms with Gasteiger partial charge >= 0.3 is 0 Å². The summed E-state index contributed by atoms with van der Waals surface area (Å²) in [6.45, 7) is 7.61. The van der Waals surface area contributed by atoms with Crippen molar-refractivity contribution < 1.29 is 9.53 Å². The number of aromatic nitrogens is 3. The minimum atomic E-state index is -0.232. The van der Waals surface area contributed by atoms with Crippen LogP contribution >= 0.6 is 0 Å². The number of rotatable bonds is 9. The summed E-state index contributed by atoms with van der Waals surface area (Å²) >= 11 is 0. The van der Waals surface area contributed by atoms with E-state index in [9.17, 15) is 4.79 Å². The third-order valence-electron chi connectivity index (χ3n) is 5.60. The Kier molecular flexibility index (Phi) is 7.03. The molecule has 2 heterocycles. The number of nitrogens with zero attached hydrogens (tertiary/aromatic N) is 3. The first-order valence-electron chi connectivity index (χ1n) is 11.4. The summed E-state index contributed by atoms with van der Waals surface area (Å²) in [5.74, 6) is 1.65. The maximum atomic E-state index is 12.6. The molecule has 170 valence electrons. The van der Waals surface area contributed by atoms with Crippen molar-refractivity contribution in [3.8, 4) is 5.75 Å². The van der Waals surface area contributed by atoms with Gasteiger partial charge in [-0.15, -0.1) is 0 Å². The number of carbonyl (C=O) groups is 1. The highest BCUT2D eigenvalue weighted by Gasteiger charge is 2.19. The van der Waals surface area contributed by atoms with E-state index in [1.54, 1.807) is 24.5 Å². The van der Waals surface area contributed by atoms with E-state index in [0.29, 0.717) is 12.2 Å². The fourth-order valence-electron chi connectivity index (χ4n) is 4.09. The maximum absolute atomic E-state index is 12.6. The van der Waals surface area contributed by atoms with Gasteiger partial charge in [0.1, 0.15) is 11.6 Å². The molecule has 0 radical (unpaired) electrons. The van der Waals surface area contributed by atoms with Gasteiger partial charge in [-0.05, 0) is 81.1 Å². The number of ether oxygens (including phenoxy) is 1. The molecule has 2 aromatic heterocycles. The second-order valence-electron chi connectivity index (χ2n) is 8.42. The third-order valence-corrected chi connectivity index (χ3v) is 5.60. The molecule has 0 aliphatic rings. The second-order valence-corrected chi connectivity index (χ2v) is 8.42. The van der Waals surface area contributed by atoms with Crippen LogP contribution in [0.2, 0.25) is 0 Å². The van der Waals surface area contributed by atoms with Gasteiger partial charge in [-0.2, -0.15) is 0 Å². The van der Waals surface area contributed by atoms with E-state index >= 15 is 0 Å². The number of hydrogen-bond donors (Lipinski definition) is 1. The SMILES string of the molecule is Cc1cc(C)cc(OCCCCn2c(C(C)NC(=O)c3ccncc3)nc3ccccc32)c1. The summed E-state index contributed by atoms with van der Waals surface area (Å²) in [4.78, 5) is 21.5. The van der Waals surface area contributed by atoms with E-state index in [2.05, 4.69) is 53.0 Å². The third kappa shape index (κ3) is 5.58. The Balaban J connectivity index is 1.42. The van der Waals surface area contributed by atoms with Crippen molar-refractivity contribution in [1.29, 1.82) is 0 Å². The number of imidazole rings is 1. The summed E-state index contributed by atoms with van der Waals surface area (Å²) < 4.78 is 8.18. The number of unbranched alkanes of at least 4 members (excludes halogenated alkanes) is 1. The van der Waals surface area contributed by atoms with Gasteiger partial charge in [-0.3, -0.25) is 9.78 Å². The van der Waals surface area contributed by atoms with Crippen LogP contribution in [0.4, 0.5) is 0 Å². The minimum Gasteiger partial charge on any atom is -0.494 e. The first-order valence-corrected chi connectivity index (χ1v) is 11.4. The monoisotopic (exact) mass is 442 g/mol. The summed E-state index contributed by atoms with van der Waals surface area (Å²) in [5.41, 5.74) is 5.02. The summed E-state index contributed by atoms with van der Waals surface area (Å²) in [5, 5.41) is 3.07. The van der Waals surface area contributed by atoms with Crippen LogP contribution in [0.5, 0.6) is 5.75 Å². The Labute approximate surface area is 194 Å². The lowest BCUT2D eigenvalue weighted by molar-refractivity contribution is 0.0937. The molecule has 4 rings (SSSR count). The average Bonchev–Trinajstić information content (AvgIpc) is 3.17. The van der Waals surface area contributed by atoms with Crippen LogP contribution in [-0.4, -0.2) is 27.0 Å². The van der Waals surface area contributed by atoms with Crippen LogP contribution in [0.15, 0.2) is 67.0 Å². The van der Waals surface area contributed by atoms with Crippen LogP contribution in [0.1, 0.15) is 53.1 Å². The number of carbonyl (C=O) groups excluding carboxylic acids is 1. The quantitative estimate of drug-likeness (QED) is 0.353. The number of nitrogens with one attached hydrogen (secondary N) is 1. The van der Waals surface area contributed by atoms with E-state index in [-0.39, 0.29) is 11.9 Å². The van der Waals surface area contributed by atoms with Crippen LogP contribution in [0, 0.1) is 13.8 Å². The molecular formula is C27H30N4O2. The van der Waals surface area contributed by atoms with Gasteiger partial charge in [0.05, 0.1) is 23.7 Å². The van der Waals surface area contributed by atoms with Crippen molar-refractivity contribution in [2.45, 2.75) is 46.2 Å². The molecule has 0 spiro atoms. The number of pyridine rings is 1. The molecule has 0 bridgehead atoms. The molecule has 1 atom stereocenters. The molecule has 2 aromatic carbocycles. The Morgan fingerprint density at radius 2 is 1.76 bits per heavy atom. The van der Waals surface area contributed by atoms with Crippen molar-refractivity contribution in [3.63, 3.8) is 0 Å². The van der Waals surface area contributed by atoms with Crippen molar-refractivity contribution in [1.82, 2.24) is 19.9 Å². The highest BCUT2D eigenvalue weighted by atomic mass is 16.5. The average molecular weight is 443 g/mol. The summed E-state index contributed by atoms with van der Waals surface area (Å²) in [6.07, 6.45) is 5.11. The Hall–Kier alpha value is -3.67. The number of benzene rings is 2.